The van der Waals surface area contributed by atoms with Gasteiger partial charge in [0.05, 0.1) is 11.0 Å². The summed E-state index contributed by atoms with van der Waals surface area (Å²) < 4.78 is 0. The van der Waals surface area contributed by atoms with Crippen LogP contribution in [0.1, 0.15) is 55.4 Å². The molecule has 6 rings (SSSR count). The van der Waals surface area contributed by atoms with Gasteiger partial charge in [0, 0.05) is 73.3 Å². The van der Waals surface area contributed by atoms with Crippen LogP contribution < -0.4 is 54.0 Å². The third kappa shape index (κ3) is 19.2. The maximum Gasteiger partial charge on any atom is 0.269 e. The van der Waals surface area contributed by atoms with Crippen LogP contribution in [0.25, 0.3) is 10.9 Å². The maximum atomic E-state index is 14.9. The van der Waals surface area contributed by atoms with Gasteiger partial charge in [-0.2, -0.15) is 0 Å². The quantitative estimate of drug-likeness (QED) is 0.0212. The number of primary amides is 1. The number of nitrogens with two attached hydrogens (primary N) is 2. The van der Waals surface area contributed by atoms with Crippen molar-refractivity contribution in [1.82, 2.24) is 47.5 Å². The van der Waals surface area contributed by atoms with Crippen molar-refractivity contribution in [1.29, 1.82) is 0 Å². The SMILES string of the molecule is CC(=O)N[C@@H](Cc1ccc([N+](=O)[O-])cc1)C(=O)N[C@@H]1CSSC[C@@H](C(=O)N[C@H](Cc2ccc(O)cc2)C(N)=O)NC(=O)[C@H]([C@@H](C)O)NC(=O)[C@H](CCCCN)NC(=O)[C@@H](Cc2c[nH]c3ccccc23)NC(=O)[C@@H](Cc2ccc(O)cc2)NC1=O. The molecule has 26 nitrogen and oxygen atoms in total. The van der Waals surface area contributed by atoms with Gasteiger partial charge in [0.15, 0.2) is 0 Å². The molecule has 1 aromatic heterocycles. The fraction of sp³-hybridized carbons (Fsp3) is 0.375. The van der Waals surface area contributed by atoms with Crippen LogP contribution in [-0.4, -0.2) is 151 Å². The number of non-ortho nitro benzene ring substituents is 1. The Labute approximate surface area is 490 Å². The van der Waals surface area contributed by atoms with Crippen LogP contribution in [0, 0.1) is 10.1 Å². The van der Waals surface area contributed by atoms with Crippen LogP contribution in [0.2, 0.25) is 0 Å². The van der Waals surface area contributed by atoms with Crippen molar-refractivity contribution < 1.29 is 63.4 Å². The molecule has 4 aromatic carbocycles. The number of para-hydroxylation sites is 1. The van der Waals surface area contributed by atoms with Gasteiger partial charge in [-0.15, -0.1) is 0 Å². The van der Waals surface area contributed by atoms with E-state index in [-0.39, 0.29) is 73.8 Å². The average Bonchev–Trinajstić information content (AvgIpc) is 3.90. The van der Waals surface area contributed by atoms with E-state index in [1.54, 1.807) is 30.5 Å². The number of aliphatic hydroxyl groups excluding tert-OH is 1. The number of nitrogens with one attached hydrogen (secondary N) is 9. The number of phenolic OH excluding ortho intramolecular Hbond substituents is 2. The molecule has 5 aromatic rings. The van der Waals surface area contributed by atoms with E-state index in [1.165, 1.54) is 79.7 Å². The van der Waals surface area contributed by atoms with Gasteiger partial charge in [0.25, 0.3) is 5.69 Å². The summed E-state index contributed by atoms with van der Waals surface area (Å²) in [6.07, 6.45) is -0.147. The van der Waals surface area contributed by atoms with Crippen LogP contribution in [0.15, 0.2) is 103 Å². The third-order valence-electron chi connectivity index (χ3n) is 13.5. The Morgan fingerprint density at radius 2 is 1.25 bits per heavy atom. The van der Waals surface area contributed by atoms with Crippen molar-refractivity contribution in [3.05, 3.63) is 136 Å². The van der Waals surface area contributed by atoms with E-state index in [4.69, 9.17) is 11.5 Å². The van der Waals surface area contributed by atoms with Crippen molar-refractivity contribution >= 4 is 91.3 Å². The number of aromatic amines is 1. The zero-order valence-corrected chi connectivity index (χ0v) is 47.5. The number of hydrogen-bond donors (Lipinski definition) is 14. The summed E-state index contributed by atoms with van der Waals surface area (Å²) in [5, 5.41) is 64.1. The lowest BCUT2D eigenvalue weighted by molar-refractivity contribution is -0.384. The highest BCUT2D eigenvalue weighted by atomic mass is 33.1. The number of aliphatic hydroxyl groups is 1. The van der Waals surface area contributed by atoms with Crippen LogP contribution in [0.3, 0.4) is 0 Å². The molecule has 28 heteroatoms. The van der Waals surface area contributed by atoms with Gasteiger partial charge in [-0.3, -0.25) is 53.3 Å². The number of H-pyrrole nitrogens is 1. The van der Waals surface area contributed by atoms with E-state index in [0.717, 1.165) is 28.5 Å². The summed E-state index contributed by atoms with van der Waals surface area (Å²) >= 11 is 0. The molecule has 9 atom stereocenters. The minimum Gasteiger partial charge on any atom is -0.508 e. The molecule has 0 bridgehead atoms. The molecule has 448 valence electrons. The van der Waals surface area contributed by atoms with Crippen molar-refractivity contribution in [2.24, 2.45) is 11.5 Å². The molecule has 16 N–H and O–H groups in total. The molecule has 0 saturated carbocycles. The lowest BCUT2D eigenvalue weighted by Gasteiger charge is -2.29. The zero-order valence-electron chi connectivity index (χ0n) is 45.8. The highest BCUT2D eigenvalue weighted by Gasteiger charge is 2.37. The lowest BCUT2D eigenvalue weighted by Crippen LogP contribution is -2.62. The normalized spacial score (nSPS) is 20.5. The number of phenols is 2. The van der Waals surface area contributed by atoms with Crippen LogP contribution in [0.4, 0.5) is 5.69 Å². The number of unbranched alkanes of at least 4 members (excludes halogenated alkanes) is 1. The van der Waals surface area contributed by atoms with E-state index in [1.807, 2.05) is 0 Å². The number of amides is 9. The Hall–Kier alpha value is -8.73. The summed E-state index contributed by atoms with van der Waals surface area (Å²) in [6, 6.07) is 11.7. The summed E-state index contributed by atoms with van der Waals surface area (Å²) in [7, 11) is 1.80. The number of carbonyl (C=O) groups excluding carboxylic acids is 9. The number of carbonyl (C=O) groups is 9. The molecule has 0 unspecified atom stereocenters. The fourth-order valence-corrected chi connectivity index (χ4v) is 11.3. The Kier molecular flexibility index (Phi) is 23.8. The van der Waals surface area contributed by atoms with Crippen LogP contribution in [-0.2, 0) is 68.8 Å². The van der Waals surface area contributed by atoms with Gasteiger partial charge in [-0.1, -0.05) is 76.2 Å². The molecule has 2 heterocycles. The number of aromatic hydroxyl groups is 2. The Morgan fingerprint density at radius 3 is 1.86 bits per heavy atom. The van der Waals surface area contributed by atoms with Gasteiger partial charge < -0.3 is 74.3 Å². The number of fused-ring (bicyclic) bond motifs is 1. The first-order chi connectivity index (χ1) is 40.1. The van der Waals surface area contributed by atoms with Crippen LogP contribution in [0.5, 0.6) is 11.5 Å². The number of nitrogens with zero attached hydrogens (tertiary/aromatic N) is 1. The summed E-state index contributed by atoms with van der Waals surface area (Å²) in [6.45, 7) is 2.56. The van der Waals surface area contributed by atoms with E-state index in [9.17, 15) is 68.6 Å². The second-order valence-corrected chi connectivity index (χ2v) is 22.6. The topological polar surface area (TPSA) is 422 Å². The summed E-state index contributed by atoms with van der Waals surface area (Å²) in [5.41, 5.74) is 13.9. The molecule has 1 saturated heterocycles. The number of nitro benzene ring substituents is 1. The highest BCUT2D eigenvalue weighted by Crippen LogP contribution is 2.25. The van der Waals surface area contributed by atoms with Gasteiger partial charge in [0.1, 0.15) is 59.8 Å². The zero-order chi connectivity index (χ0) is 61.0. The van der Waals surface area contributed by atoms with Crippen molar-refractivity contribution in [3.8, 4) is 11.5 Å². The molecule has 1 aliphatic heterocycles. The first-order valence-corrected chi connectivity index (χ1v) is 29.2. The Morgan fingerprint density at radius 1 is 0.690 bits per heavy atom. The van der Waals surface area contributed by atoms with E-state index in [0.29, 0.717) is 39.6 Å². The minimum atomic E-state index is -1.78. The molecule has 0 spiro atoms. The maximum absolute atomic E-state index is 14.9. The van der Waals surface area contributed by atoms with Crippen molar-refractivity contribution in [2.75, 3.05) is 18.1 Å². The molecule has 0 aliphatic carbocycles. The van der Waals surface area contributed by atoms with E-state index < -0.39 is 113 Å². The highest BCUT2D eigenvalue weighted by molar-refractivity contribution is 8.76. The third-order valence-corrected chi connectivity index (χ3v) is 15.9. The molecular weight excluding hydrogens is 1130 g/mol. The van der Waals surface area contributed by atoms with Gasteiger partial charge in [-0.05, 0) is 85.3 Å². The Balaban J connectivity index is 1.42. The molecule has 1 aliphatic rings. The first-order valence-electron chi connectivity index (χ1n) is 26.7. The number of hydrogen-bond acceptors (Lipinski definition) is 17. The predicted octanol–water partition coefficient (Wildman–Crippen LogP) is 0.0463. The number of rotatable bonds is 20. The number of aromatic nitrogens is 1. The first kappa shape index (κ1) is 64.4. The Bertz CT molecular complexity index is 3150. The summed E-state index contributed by atoms with van der Waals surface area (Å²) in [4.78, 5) is 141. The molecule has 1 fully saturated rings. The summed E-state index contributed by atoms with van der Waals surface area (Å²) in [5.74, 6) is -9.11. The fourth-order valence-electron chi connectivity index (χ4n) is 8.98. The lowest BCUT2D eigenvalue weighted by atomic mass is 10.0. The largest absolute Gasteiger partial charge is 0.508 e. The predicted molar refractivity (Wildman–Crippen MR) is 312 cm³/mol. The second kappa shape index (κ2) is 31.1. The molecule has 84 heavy (non-hydrogen) atoms. The van der Waals surface area contributed by atoms with Gasteiger partial charge >= 0.3 is 0 Å². The van der Waals surface area contributed by atoms with Gasteiger partial charge in [-0.25, -0.2) is 0 Å². The van der Waals surface area contributed by atoms with Crippen molar-refractivity contribution in [3.63, 3.8) is 0 Å². The molecule has 0 radical (unpaired) electrons. The second-order valence-electron chi connectivity index (χ2n) is 20.0. The van der Waals surface area contributed by atoms with E-state index >= 15 is 0 Å². The molecular formula is C56H68N12O14S2. The molecule has 9 amide bonds. The smallest absolute Gasteiger partial charge is 0.269 e. The monoisotopic (exact) mass is 1200 g/mol. The van der Waals surface area contributed by atoms with E-state index in [2.05, 4.69) is 47.5 Å². The standard InChI is InChI=1S/C56H68N12O14S2/c1-30(69)48-56(80)66-47(54(78)62-42(49(58)73)23-33-12-18-37(71)19-13-33)29-84-83-28-46(65-51(75)43(60-31(2)70)24-32-10-16-36(17-11-32)68(81)82)55(79)63-44(25-34-14-20-38(72)21-15-34)52(76)64-45(26-35-27-59-40-8-4-3-7-39(35)40)53(77)61-41(50(74)67-48)9-5-6-22-57/h3-4,7-8,10-21,27,30,41-48,59,69,71-72H,5-6,9,22-26,28-29,57H2,1-2H3,(H2,58,73)(H,60,70)(H,61,77)(H,62,78)(H,63,79)(H,64,76)(H,65,75)(H,66,80)(H,67,74)/t30-,41+,42-,43+,44-,45-,46-,47+,48+/m1/s1. The van der Waals surface area contributed by atoms with Crippen molar-refractivity contribution in [2.45, 2.75) is 113 Å². The average molecular weight is 1200 g/mol. The van der Waals surface area contributed by atoms with Gasteiger partial charge in [0.2, 0.25) is 53.2 Å². The van der Waals surface area contributed by atoms with Crippen LogP contribution >= 0.6 is 21.6 Å². The minimum absolute atomic E-state index is 0.0472. The number of benzene rings is 4. The number of nitro groups is 1.